The molecular weight excluding hydrogens is 326 g/mol. The molecule has 6 nitrogen and oxygen atoms in total. The number of urea groups is 1. The van der Waals surface area contributed by atoms with Gasteiger partial charge in [-0.3, -0.25) is 0 Å². The number of nitrogens with zero attached hydrogens (tertiary/aromatic N) is 2. The lowest BCUT2D eigenvalue weighted by molar-refractivity contribution is 0.180. The van der Waals surface area contributed by atoms with Gasteiger partial charge in [-0.15, -0.1) is 0 Å². The fraction of sp³-hybridized carbons (Fsp3) is 0.588. The molecule has 0 saturated carbocycles. The van der Waals surface area contributed by atoms with Crippen LogP contribution in [-0.2, 0) is 0 Å². The van der Waals surface area contributed by atoms with Gasteiger partial charge in [-0.1, -0.05) is 6.07 Å². The van der Waals surface area contributed by atoms with Crippen molar-refractivity contribution in [2.75, 3.05) is 58.2 Å². The van der Waals surface area contributed by atoms with Gasteiger partial charge in [0.15, 0.2) is 11.5 Å². The first kappa shape index (κ1) is 18.7. The Balaban J connectivity index is 2.17. The van der Waals surface area contributed by atoms with E-state index in [1.807, 2.05) is 49.0 Å². The Bertz CT molecular complexity index is 554. The molecule has 0 spiro atoms. The van der Waals surface area contributed by atoms with E-state index in [0.717, 1.165) is 31.0 Å². The molecule has 1 heterocycles. The summed E-state index contributed by atoms with van der Waals surface area (Å²) in [5.41, 5.74) is 0.627. The Kier molecular flexibility index (Phi) is 7.05. The number of para-hydroxylation sites is 1. The van der Waals surface area contributed by atoms with Crippen LogP contribution in [0.1, 0.15) is 6.42 Å². The van der Waals surface area contributed by atoms with Crippen LogP contribution in [0.3, 0.4) is 0 Å². The normalized spacial score (nSPS) is 18.2. The molecular formula is C17H27N3O3S. The Morgan fingerprint density at radius 3 is 2.83 bits per heavy atom. The summed E-state index contributed by atoms with van der Waals surface area (Å²) in [6, 6.07) is 5.59. The number of amides is 2. The second kappa shape index (κ2) is 9.03. The van der Waals surface area contributed by atoms with Crippen LogP contribution in [0.2, 0.25) is 0 Å². The average molecular weight is 353 g/mol. The van der Waals surface area contributed by atoms with E-state index in [2.05, 4.69) is 10.2 Å². The van der Waals surface area contributed by atoms with E-state index in [1.54, 1.807) is 14.2 Å². The third kappa shape index (κ3) is 4.70. The van der Waals surface area contributed by atoms with Crippen molar-refractivity contribution < 1.29 is 14.3 Å². The van der Waals surface area contributed by atoms with Crippen molar-refractivity contribution in [3.05, 3.63) is 18.2 Å². The summed E-state index contributed by atoms with van der Waals surface area (Å²) in [5, 5.41) is 2.99. The maximum absolute atomic E-state index is 12.9. The van der Waals surface area contributed by atoms with E-state index in [4.69, 9.17) is 9.47 Å². The lowest BCUT2D eigenvalue weighted by Crippen LogP contribution is -2.48. The Labute approximate surface area is 148 Å². The SMILES string of the molecule is COc1cccc(NC(=O)N2CCCSCC2CN(C)C)c1OC. The van der Waals surface area contributed by atoms with Crippen LogP contribution in [0, 0.1) is 0 Å². The first-order valence-corrected chi connectivity index (χ1v) is 9.23. The van der Waals surface area contributed by atoms with Crippen LogP contribution >= 0.6 is 11.8 Å². The highest BCUT2D eigenvalue weighted by molar-refractivity contribution is 7.99. The minimum Gasteiger partial charge on any atom is -0.493 e. The predicted octanol–water partition coefficient (Wildman–Crippen LogP) is 2.60. The molecule has 2 amide bonds. The van der Waals surface area contributed by atoms with Crippen LogP contribution in [0.25, 0.3) is 0 Å². The number of anilines is 1. The highest BCUT2D eigenvalue weighted by atomic mass is 32.2. The smallest absolute Gasteiger partial charge is 0.322 e. The molecule has 134 valence electrons. The largest absolute Gasteiger partial charge is 0.493 e. The van der Waals surface area contributed by atoms with Crippen LogP contribution in [-0.4, -0.2) is 74.8 Å². The third-order valence-corrected chi connectivity index (χ3v) is 5.12. The number of hydrogen-bond acceptors (Lipinski definition) is 5. The topological polar surface area (TPSA) is 54.0 Å². The van der Waals surface area contributed by atoms with Crippen LogP contribution < -0.4 is 14.8 Å². The number of hydrogen-bond donors (Lipinski definition) is 1. The van der Waals surface area contributed by atoms with Crippen LogP contribution in [0.4, 0.5) is 10.5 Å². The van der Waals surface area contributed by atoms with Gasteiger partial charge in [0, 0.05) is 18.8 Å². The lowest BCUT2D eigenvalue weighted by Gasteiger charge is -2.32. The van der Waals surface area contributed by atoms with Gasteiger partial charge in [-0.25, -0.2) is 4.79 Å². The summed E-state index contributed by atoms with van der Waals surface area (Å²) in [7, 11) is 7.24. The molecule has 1 unspecified atom stereocenters. The first-order valence-electron chi connectivity index (χ1n) is 8.08. The number of methoxy groups -OCH3 is 2. The van der Waals surface area contributed by atoms with Gasteiger partial charge >= 0.3 is 6.03 Å². The van der Waals surface area contributed by atoms with Crippen molar-refractivity contribution in [1.82, 2.24) is 9.80 Å². The number of ether oxygens (including phenoxy) is 2. The molecule has 1 N–H and O–H groups in total. The number of nitrogens with one attached hydrogen (secondary N) is 1. The van der Waals surface area contributed by atoms with E-state index in [0.29, 0.717) is 17.2 Å². The Morgan fingerprint density at radius 1 is 1.38 bits per heavy atom. The van der Waals surface area contributed by atoms with Crippen LogP contribution in [0.5, 0.6) is 11.5 Å². The van der Waals surface area contributed by atoms with Crippen molar-refractivity contribution >= 4 is 23.5 Å². The van der Waals surface area contributed by atoms with Gasteiger partial charge in [-0.05, 0) is 38.4 Å². The molecule has 1 aliphatic heterocycles. The van der Waals surface area contributed by atoms with Gasteiger partial charge < -0.3 is 24.6 Å². The molecule has 1 fully saturated rings. The molecule has 0 radical (unpaired) electrons. The standard InChI is InChI=1S/C17H27N3O3S/c1-19(2)11-13-12-24-10-6-9-20(13)17(21)18-14-7-5-8-15(22-3)16(14)23-4/h5,7-8,13H,6,9-12H2,1-4H3,(H,18,21). The molecule has 0 aliphatic carbocycles. The summed E-state index contributed by atoms with van der Waals surface area (Å²) < 4.78 is 10.7. The third-order valence-electron chi connectivity index (χ3n) is 3.92. The summed E-state index contributed by atoms with van der Waals surface area (Å²) in [6.45, 7) is 1.62. The zero-order chi connectivity index (χ0) is 17.5. The van der Waals surface area contributed by atoms with Crippen molar-refractivity contribution in [3.63, 3.8) is 0 Å². The Morgan fingerprint density at radius 2 is 2.17 bits per heavy atom. The number of benzene rings is 1. The van der Waals surface area contributed by atoms with Crippen molar-refractivity contribution in [2.24, 2.45) is 0 Å². The molecule has 1 aromatic rings. The molecule has 1 atom stereocenters. The number of likely N-dealkylation sites (N-methyl/N-ethyl adjacent to an activating group) is 1. The summed E-state index contributed by atoms with van der Waals surface area (Å²) in [5.74, 6) is 3.20. The maximum Gasteiger partial charge on any atom is 0.322 e. The average Bonchev–Trinajstić information content (AvgIpc) is 2.79. The highest BCUT2D eigenvalue weighted by Crippen LogP contribution is 2.35. The second-order valence-corrected chi connectivity index (χ2v) is 7.16. The van der Waals surface area contributed by atoms with Gasteiger partial charge in [0.25, 0.3) is 0 Å². The zero-order valence-corrected chi connectivity index (χ0v) is 15.7. The van der Waals surface area contributed by atoms with Gasteiger partial charge in [0.05, 0.1) is 25.9 Å². The lowest BCUT2D eigenvalue weighted by atomic mass is 10.2. The summed E-state index contributed by atoms with van der Waals surface area (Å²) in [4.78, 5) is 16.9. The zero-order valence-electron chi connectivity index (χ0n) is 14.9. The molecule has 0 bridgehead atoms. The second-order valence-electron chi connectivity index (χ2n) is 6.01. The van der Waals surface area contributed by atoms with Crippen molar-refractivity contribution in [2.45, 2.75) is 12.5 Å². The monoisotopic (exact) mass is 353 g/mol. The molecule has 1 saturated heterocycles. The molecule has 1 aliphatic rings. The van der Waals surface area contributed by atoms with E-state index in [-0.39, 0.29) is 12.1 Å². The summed E-state index contributed by atoms with van der Waals surface area (Å²) >= 11 is 1.91. The van der Waals surface area contributed by atoms with Gasteiger partial charge in [0.1, 0.15) is 0 Å². The number of thioether (sulfide) groups is 1. The van der Waals surface area contributed by atoms with E-state index in [9.17, 15) is 4.79 Å². The van der Waals surface area contributed by atoms with Gasteiger partial charge in [0.2, 0.25) is 0 Å². The number of carbonyl (C=O) groups is 1. The molecule has 2 rings (SSSR count). The molecule has 0 aromatic heterocycles. The Hall–Kier alpha value is -1.60. The first-order chi connectivity index (χ1) is 11.6. The maximum atomic E-state index is 12.9. The van der Waals surface area contributed by atoms with E-state index in [1.165, 1.54) is 0 Å². The van der Waals surface area contributed by atoms with Crippen molar-refractivity contribution in [1.29, 1.82) is 0 Å². The fourth-order valence-electron chi connectivity index (χ4n) is 2.84. The molecule has 24 heavy (non-hydrogen) atoms. The van der Waals surface area contributed by atoms with Crippen molar-refractivity contribution in [3.8, 4) is 11.5 Å². The number of carbonyl (C=O) groups excluding carboxylic acids is 1. The van der Waals surface area contributed by atoms with Gasteiger partial charge in [-0.2, -0.15) is 11.8 Å². The minimum absolute atomic E-state index is 0.0871. The van der Waals surface area contributed by atoms with E-state index < -0.39 is 0 Å². The predicted molar refractivity (Wildman–Crippen MR) is 99.6 cm³/mol. The molecule has 1 aromatic carbocycles. The molecule has 7 heteroatoms. The van der Waals surface area contributed by atoms with E-state index >= 15 is 0 Å². The van der Waals surface area contributed by atoms with Crippen LogP contribution in [0.15, 0.2) is 18.2 Å². The quantitative estimate of drug-likeness (QED) is 0.882. The minimum atomic E-state index is -0.0871. The number of rotatable bonds is 5. The fourth-order valence-corrected chi connectivity index (χ4v) is 3.90. The highest BCUT2D eigenvalue weighted by Gasteiger charge is 2.27. The summed E-state index contributed by atoms with van der Waals surface area (Å²) in [6.07, 6.45) is 1.01.